The van der Waals surface area contributed by atoms with Gasteiger partial charge in [0.1, 0.15) is 18.2 Å². The predicted octanol–water partition coefficient (Wildman–Crippen LogP) is 2.69. The second-order valence-corrected chi connectivity index (χ2v) is 6.39. The molecule has 0 bridgehead atoms. The molecule has 1 aromatic rings. The highest BCUT2D eigenvalue weighted by Gasteiger charge is 2.28. The van der Waals surface area contributed by atoms with Crippen LogP contribution in [-0.2, 0) is 0 Å². The summed E-state index contributed by atoms with van der Waals surface area (Å²) in [4.78, 5) is 2.33. The van der Waals surface area contributed by atoms with Gasteiger partial charge < -0.3 is 9.84 Å². The Morgan fingerprint density at radius 3 is 2.75 bits per heavy atom. The van der Waals surface area contributed by atoms with Gasteiger partial charge in [-0.05, 0) is 42.5 Å². The van der Waals surface area contributed by atoms with Crippen molar-refractivity contribution in [3.63, 3.8) is 0 Å². The van der Waals surface area contributed by atoms with Crippen molar-refractivity contribution in [3.05, 3.63) is 30.1 Å². The number of aliphatic hydroxyl groups excluding tert-OH is 1. The van der Waals surface area contributed by atoms with Crippen molar-refractivity contribution < 1.29 is 14.2 Å². The van der Waals surface area contributed by atoms with E-state index in [2.05, 4.69) is 18.7 Å². The van der Waals surface area contributed by atoms with E-state index in [0.29, 0.717) is 12.4 Å². The molecule has 1 N–H and O–H groups in total. The lowest BCUT2D eigenvalue weighted by Crippen LogP contribution is -2.35. The summed E-state index contributed by atoms with van der Waals surface area (Å²) < 4.78 is 18.4. The minimum atomic E-state index is -0.249. The van der Waals surface area contributed by atoms with Gasteiger partial charge in [-0.15, -0.1) is 0 Å². The molecule has 1 aromatic carbocycles. The van der Waals surface area contributed by atoms with Crippen molar-refractivity contribution in [1.82, 2.24) is 4.90 Å². The number of nitrogens with zero attached hydrogens (tertiary/aromatic N) is 1. The van der Waals surface area contributed by atoms with E-state index in [1.807, 2.05) is 0 Å². The first kappa shape index (κ1) is 15.3. The van der Waals surface area contributed by atoms with E-state index in [0.717, 1.165) is 32.5 Å². The highest BCUT2D eigenvalue weighted by atomic mass is 19.1. The summed E-state index contributed by atoms with van der Waals surface area (Å²) in [7, 11) is 0. The normalized spacial score (nSPS) is 23.3. The Bertz CT molecular complexity index is 419. The molecule has 0 amide bonds. The number of rotatable bonds is 4. The van der Waals surface area contributed by atoms with Crippen molar-refractivity contribution in [2.24, 2.45) is 5.41 Å². The van der Waals surface area contributed by atoms with Crippen molar-refractivity contribution >= 4 is 0 Å². The van der Waals surface area contributed by atoms with Gasteiger partial charge in [-0.2, -0.15) is 0 Å². The third-order valence-electron chi connectivity index (χ3n) is 3.71. The Hall–Kier alpha value is -1.13. The van der Waals surface area contributed by atoms with Crippen molar-refractivity contribution in [2.75, 3.05) is 26.2 Å². The molecule has 0 saturated carbocycles. The first-order chi connectivity index (χ1) is 9.44. The lowest BCUT2D eigenvalue weighted by Gasteiger charge is -2.29. The van der Waals surface area contributed by atoms with E-state index in [9.17, 15) is 9.50 Å². The molecular weight excluding hydrogens is 257 g/mol. The van der Waals surface area contributed by atoms with Gasteiger partial charge in [0.05, 0.1) is 6.10 Å². The molecule has 0 radical (unpaired) electrons. The second kappa shape index (κ2) is 6.55. The van der Waals surface area contributed by atoms with Crippen molar-refractivity contribution in [2.45, 2.75) is 32.8 Å². The van der Waals surface area contributed by atoms with Crippen LogP contribution in [-0.4, -0.2) is 42.4 Å². The third-order valence-corrected chi connectivity index (χ3v) is 3.71. The molecule has 1 unspecified atom stereocenters. The fourth-order valence-corrected chi connectivity index (χ4v) is 2.83. The Labute approximate surface area is 120 Å². The zero-order chi connectivity index (χ0) is 14.6. The number of ether oxygens (including phenoxy) is 1. The summed E-state index contributed by atoms with van der Waals surface area (Å²) in [6.45, 7) is 7.66. The van der Waals surface area contributed by atoms with E-state index in [1.54, 1.807) is 12.1 Å². The Morgan fingerprint density at radius 1 is 1.35 bits per heavy atom. The molecule has 0 aliphatic carbocycles. The summed E-state index contributed by atoms with van der Waals surface area (Å²) in [6, 6.07) is 6.10. The third kappa shape index (κ3) is 4.76. The van der Waals surface area contributed by atoms with Crippen LogP contribution in [0.15, 0.2) is 24.3 Å². The number of aliphatic hydroxyl groups is 1. The van der Waals surface area contributed by atoms with Crippen LogP contribution >= 0.6 is 0 Å². The Kier molecular flexibility index (Phi) is 5.00. The standard InChI is InChI=1S/C16H24FNO2/c1-16(2)11-14(19)7-8-18(12-16)9-10-20-15-5-3-13(17)4-6-15/h3-6,14,19H,7-12H2,1-2H3. The quantitative estimate of drug-likeness (QED) is 0.921. The lowest BCUT2D eigenvalue weighted by atomic mass is 9.87. The maximum Gasteiger partial charge on any atom is 0.123 e. The molecule has 3 nitrogen and oxygen atoms in total. The van der Waals surface area contributed by atoms with Crippen LogP contribution in [0.2, 0.25) is 0 Å². The molecule has 1 aliphatic rings. The number of halogens is 1. The van der Waals surface area contributed by atoms with Gasteiger partial charge in [-0.1, -0.05) is 13.8 Å². The Morgan fingerprint density at radius 2 is 2.05 bits per heavy atom. The van der Waals surface area contributed by atoms with Gasteiger partial charge in [0.15, 0.2) is 0 Å². The average Bonchev–Trinajstić information content (AvgIpc) is 2.49. The summed E-state index contributed by atoms with van der Waals surface area (Å²) in [6.07, 6.45) is 1.47. The van der Waals surface area contributed by atoms with E-state index in [-0.39, 0.29) is 17.3 Å². The van der Waals surface area contributed by atoms with Crippen LogP contribution in [0.1, 0.15) is 26.7 Å². The zero-order valence-corrected chi connectivity index (χ0v) is 12.3. The fraction of sp³-hybridized carbons (Fsp3) is 0.625. The smallest absolute Gasteiger partial charge is 0.123 e. The van der Waals surface area contributed by atoms with Gasteiger partial charge in [0, 0.05) is 19.6 Å². The molecule has 20 heavy (non-hydrogen) atoms. The van der Waals surface area contributed by atoms with Crippen LogP contribution in [0.4, 0.5) is 4.39 Å². The zero-order valence-electron chi connectivity index (χ0n) is 12.3. The summed E-state index contributed by atoms with van der Waals surface area (Å²) in [5.74, 6) is 0.445. The molecule has 112 valence electrons. The van der Waals surface area contributed by atoms with Gasteiger partial charge in [-0.25, -0.2) is 4.39 Å². The molecule has 1 heterocycles. The average molecular weight is 281 g/mol. The molecule has 0 spiro atoms. The molecule has 1 atom stereocenters. The SMILES string of the molecule is CC1(C)CC(O)CCN(CCOc2ccc(F)cc2)C1. The molecule has 2 rings (SSSR count). The van der Waals surface area contributed by atoms with Crippen LogP contribution in [0.25, 0.3) is 0 Å². The molecule has 1 fully saturated rings. The van der Waals surface area contributed by atoms with Gasteiger partial charge in [0.25, 0.3) is 0 Å². The minimum Gasteiger partial charge on any atom is -0.492 e. The van der Waals surface area contributed by atoms with E-state index >= 15 is 0 Å². The number of benzene rings is 1. The number of hydrogen-bond acceptors (Lipinski definition) is 3. The van der Waals surface area contributed by atoms with E-state index < -0.39 is 0 Å². The fourth-order valence-electron chi connectivity index (χ4n) is 2.83. The number of hydrogen-bond donors (Lipinski definition) is 1. The summed E-state index contributed by atoms with van der Waals surface area (Å²) in [5, 5.41) is 9.88. The molecule has 0 aromatic heterocycles. The molecule has 1 saturated heterocycles. The van der Waals surface area contributed by atoms with Crippen molar-refractivity contribution in [3.8, 4) is 5.75 Å². The van der Waals surface area contributed by atoms with Crippen LogP contribution in [0, 0.1) is 11.2 Å². The van der Waals surface area contributed by atoms with E-state index in [4.69, 9.17) is 4.74 Å². The van der Waals surface area contributed by atoms with Crippen LogP contribution in [0.3, 0.4) is 0 Å². The maximum atomic E-state index is 12.8. The first-order valence-electron chi connectivity index (χ1n) is 7.23. The molecular formula is C16H24FNO2. The summed E-state index contributed by atoms with van der Waals surface area (Å²) >= 11 is 0. The highest BCUT2D eigenvalue weighted by Crippen LogP contribution is 2.28. The van der Waals surface area contributed by atoms with Crippen molar-refractivity contribution in [1.29, 1.82) is 0 Å². The van der Waals surface area contributed by atoms with Gasteiger partial charge in [-0.3, -0.25) is 4.90 Å². The van der Waals surface area contributed by atoms with Gasteiger partial charge in [0.2, 0.25) is 0 Å². The van der Waals surface area contributed by atoms with Crippen LogP contribution in [0.5, 0.6) is 5.75 Å². The van der Waals surface area contributed by atoms with Gasteiger partial charge >= 0.3 is 0 Å². The largest absolute Gasteiger partial charge is 0.492 e. The monoisotopic (exact) mass is 281 g/mol. The molecule has 4 heteroatoms. The highest BCUT2D eigenvalue weighted by molar-refractivity contribution is 5.21. The predicted molar refractivity (Wildman–Crippen MR) is 77.4 cm³/mol. The lowest BCUT2D eigenvalue weighted by molar-refractivity contribution is 0.120. The maximum absolute atomic E-state index is 12.8. The topological polar surface area (TPSA) is 32.7 Å². The number of likely N-dealkylation sites (tertiary alicyclic amines) is 1. The second-order valence-electron chi connectivity index (χ2n) is 6.39. The molecule has 1 aliphatic heterocycles. The first-order valence-corrected chi connectivity index (χ1v) is 7.23. The summed E-state index contributed by atoms with van der Waals surface area (Å²) in [5.41, 5.74) is 0.131. The minimum absolute atomic E-state index is 0.131. The Balaban J connectivity index is 1.79. The van der Waals surface area contributed by atoms with Crippen LogP contribution < -0.4 is 4.74 Å². The van der Waals surface area contributed by atoms with E-state index in [1.165, 1.54) is 12.1 Å².